The van der Waals surface area contributed by atoms with Crippen LogP contribution in [0.25, 0.3) is 6.08 Å². The molecule has 25 heavy (non-hydrogen) atoms. The van der Waals surface area contributed by atoms with Crippen LogP contribution in [0.5, 0.6) is 17.2 Å². The van der Waals surface area contributed by atoms with Gasteiger partial charge >= 0.3 is 5.97 Å². The summed E-state index contributed by atoms with van der Waals surface area (Å²) in [6.45, 7) is 5.18. The van der Waals surface area contributed by atoms with Crippen molar-refractivity contribution < 1.29 is 28.5 Å². The van der Waals surface area contributed by atoms with E-state index >= 15 is 0 Å². The normalized spacial score (nSPS) is 12.0. The van der Waals surface area contributed by atoms with Crippen LogP contribution in [-0.4, -0.2) is 45.4 Å². The van der Waals surface area contributed by atoms with E-state index in [0.29, 0.717) is 22.8 Å². The molecule has 138 valence electrons. The van der Waals surface area contributed by atoms with E-state index in [1.807, 2.05) is 13.8 Å². The van der Waals surface area contributed by atoms with E-state index in [9.17, 15) is 9.59 Å². The van der Waals surface area contributed by atoms with Gasteiger partial charge in [0.15, 0.2) is 17.6 Å². The fourth-order valence-electron chi connectivity index (χ4n) is 2.03. The van der Waals surface area contributed by atoms with E-state index in [0.717, 1.165) is 0 Å². The largest absolute Gasteiger partial charge is 0.493 e. The monoisotopic (exact) mass is 351 g/mol. The quantitative estimate of drug-likeness (QED) is 0.571. The number of carbonyl (C=O) groups is 2. The molecule has 1 amide bonds. The Hall–Kier alpha value is -2.70. The lowest BCUT2D eigenvalue weighted by Gasteiger charge is -2.14. The van der Waals surface area contributed by atoms with Gasteiger partial charge in [0, 0.05) is 12.1 Å². The van der Waals surface area contributed by atoms with Crippen LogP contribution in [0.2, 0.25) is 0 Å². The molecule has 0 heterocycles. The average Bonchev–Trinajstić information content (AvgIpc) is 2.58. The summed E-state index contributed by atoms with van der Waals surface area (Å²) in [6.07, 6.45) is 1.90. The number of hydrogen-bond acceptors (Lipinski definition) is 6. The van der Waals surface area contributed by atoms with Gasteiger partial charge in [0.2, 0.25) is 5.75 Å². The summed E-state index contributed by atoms with van der Waals surface area (Å²) in [4.78, 5) is 23.6. The molecule has 1 unspecified atom stereocenters. The lowest BCUT2D eigenvalue weighted by Crippen LogP contribution is -2.39. The summed E-state index contributed by atoms with van der Waals surface area (Å²) >= 11 is 0. The Morgan fingerprint density at radius 1 is 1.00 bits per heavy atom. The minimum Gasteiger partial charge on any atom is -0.493 e. The lowest BCUT2D eigenvalue weighted by molar-refractivity contribution is -0.150. The van der Waals surface area contributed by atoms with Crippen LogP contribution >= 0.6 is 0 Å². The highest BCUT2D eigenvalue weighted by Crippen LogP contribution is 2.38. The number of ether oxygens (including phenoxy) is 4. The molecule has 7 heteroatoms. The molecule has 1 N–H and O–H groups in total. The maximum absolute atomic E-state index is 11.9. The molecule has 0 bridgehead atoms. The second-order valence-corrected chi connectivity index (χ2v) is 5.53. The first-order valence-electron chi connectivity index (χ1n) is 7.81. The molecule has 1 aromatic carbocycles. The molecule has 0 aliphatic heterocycles. The molecule has 0 aliphatic carbocycles. The van der Waals surface area contributed by atoms with Crippen molar-refractivity contribution in [2.75, 3.05) is 21.3 Å². The Bertz CT molecular complexity index is 613. The van der Waals surface area contributed by atoms with Gasteiger partial charge < -0.3 is 24.3 Å². The van der Waals surface area contributed by atoms with Gasteiger partial charge in [-0.05, 0) is 44.5 Å². The van der Waals surface area contributed by atoms with E-state index in [1.54, 1.807) is 18.2 Å². The van der Waals surface area contributed by atoms with Crippen molar-refractivity contribution in [3.05, 3.63) is 23.8 Å². The lowest BCUT2D eigenvalue weighted by atomic mass is 10.1. The molecule has 0 fully saturated rings. The number of benzene rings is 1. The van der Waals surface area contributed by atoms with Gasteiger partial charge in [-0.1, -0.05) is 0 Å². The average molecular weight is 351 g/mol. The number of amides is 1. The summed E-state index contributed by atoms with van der Waals surface area (Å²) in [5.41, 5.74) is 0.658. The molecule has 0 spiro atoms. The van der Waals surface area contributed by atoms with Crippen molar-refractivity contribution in [1.29, 1.82) is 0 Å². The van der Waals surface area contributed by atoms with Gasteiger partial charge in [0.1, 0.15) is 0 Å². The SMILES string of the molecule is COc1cc(/C=C/C(=O)OC(C)C(=O)NC(C)C)cc(OC)c1OC. The first kappa shape index (κ1) is 20.3. The standard InChI is InChI=1S/C18H25NO6/c1-11(2)19-18(21)12(3)25-16(20)8-7-13-9-14(22-4)17(24-6)15(10-13)23-5/h7-12H,1-6H3,(H,19,21)/b8-7+. The van der Waals surface area contributed by atoms with E-state index in [-0.39, 0.29) is 11.9 Å². The highest BCUT2D eigenvalue weighted by Gasteiger charge is 2.17. The highest BCUT2D eigenvalue weighted by molar-refractivity contribution is 5.90. The highest BCUT2D eigenvalue weighted by atomic mass is 16.5. The first-order valence-corrected chi connectivity index (χ1v) is 7.81. The van der Waals surface area contributed by atoms with Crippen molar-refractivity contribution in [1.82, 2.24) is 5.32 Å². The molecular formula is C18H25NO6. The van der Waals surface area contributed by atoms with Gasteiger partial charge in [-0.25, -0.2) is 4.79 Å². The number of hydrogen-bond donors (Lipinski definition) is 1. The predicted octanol–water partition coefficient (Wildman–Crippen LogP) is 2.18. The van der Waals surface area contributed by atoms with Gasteiger partial charge in [-0.15, -0.1) is 0 Å². The van der Waals surface area contributed by atoms with E-state index in [1.165, 1.54) is 34.3 Å². The van der Waals surface area contributed by atoms with Crippen molar-refractivity contribution in [3.63, 3.8) is 0 Å². The summed E-state index contributed by atoms with van der Waals surface area (Å²) in [5, 5.41) is 2.68. The third kappa shape index (κ3) is 6.02. The number of methoxy groups -OCH3 is 3. The van der Waals surface area contributed by atoms with Crippen molar-refractivity contribution >= 4 is 18.0 Å². The zero-order valence-electron chi connectivity index (χ0n) is 15.4. The summed E-state index contributed by atoms with van der Waals surface area (Å²) < 4.78 is 20.8. The maximum atomic E-state index is 11.9. The topological polar surface area (TPSA) is 83.1 Å². The van der Waals surface area contributed by atoms with E-state index in [4.69, 9.17) is 18.9 Å². The zero-order chi connectivity index (χ0) is 19.0. The second-order valence-electron chi connectivity index (χ2n) is 5.53. The fourth-order valence-corrected chi connectivity index (χ4v) is 2.03. The first-order chi connectivity index (χ1) is 11.8. The third-order valence-electron chi connectivity index (χ3n) is 3.19. The smallest absolute Gasteiger partial charge is 0.331 e. The second kappa shape index (κ2) is 9.56. The van der Waals surface area contributed by atoms with Crippen LogP contribution in [0.1, 0.15) is 26.3 Å². The van der Waals surface area contributed by atoms with Crippen LogP contribution < -0.4 is 19.5 Å². The van der Waals surface area contributed by atoms with Gasteiger partial charge in [0.25, 0.3) is 5.91 Å². The predicted molar refractivity (Wildman–Crippen MR) is 94.0 cm³/mol. The van der Waals surface area contributed by atoms with Crippen LogP contribution in [0.15, 0.2) is 18.2 Å². The van der Waals surface area contributed by atoms with Crippen molar-refractivity contribution in [2.24, 2.45) is 0 Å². The number of carbonyl (C=O) groups excluding carboxylic acids is 2. The molecule has 1 atom stereocenters. The van der Waals surface area contributed by atoms with Crippen LogP contribution in [0, 0.1) is 0 Å². The van der Waals surface area contributed by atoms with Gasteiger partial charge in [-0.2, -0.15) is 0 Å². The molecule has 7 nitrogen and oxygen atoms in total. The molecule has 1 aromatic rings. The van der Waals surface area contributed by atoms with Crippen molar-refractivity contribution in [2.45, 2.75) is 32.9 Å². The number of nitrogens with one attached hydrogen (secondary N) is 1. The van der Waals surface area contributed by atoms with Crippen LogP contribution in [0.4, 0.5) is 0 Å². The minimum absolute atomic E-state index is 0.0246. The number of rotatable bonds is 8. The van der Waals surface area contributed by atoms with Gasteiger partial charge in [-0.3, -0.25) is 4.79 Å². The molecule has 0 radical (unpaired) electrons. The Labute approximate surface area is 147 Å². The van der Waals surface area contributed by atoms with E-state index < -0.39 is 12.1 Å². The summed E-state index contributed by atoms with van der Waals surface area (Å²) in [7, 11) is 4.53. The number of esters is 1. The minimum atomic E-state index is -0.875. The molecule has 0 aromatic heterocycles. The Kier molecular flexibility index (Phi) is 7.78. The Balaban J connectivity index is 2.84. The molecule has 1 rings (SSSR count). The Morgan fingerprint density at radius 3 is 2.00 bits per heavy atom. The van der Waals surface area contributed by atoms with E-state index in [2.05, 4.69) is 5.32 Å². The molecule has 0 saturated carbocycles. The summed E-state index contributed by atoms with van der Waals surface area (Å²) in [5.74, 6) is 0.437. The molecular weight excluding hydrogens is 326 g/mol. The third-order valence-corrected chi connectivity index (χ3v) is 3.19. The molecule has 0 saturated heterocycles. The Morgan fingerprint density at radius 2 is 1.56 bits per heavy atom. The van der Waals surface area contributed by atoms with Gasteiger partial charge in [0.05, 0.1) is 21.3 Å². The maximum Gasteiger partial charge on any atom is 0.331 e. The summed E-state index contributed by atoms with van der Waals surface area (Å²) in [6, 6.07) is 3.36. The fraction of sp³-hybridized carbons (Fsp3) is 0.444. The van der Waals surface area contributed by atoms with Crippen LogP contribution in [0.3, 0.4) is 0 Å². The van der Waals surface area contributed by atoms with Crippen LogP contribution in [-0.2, 0) is 14.3 Å². The molecule has 0 aliphatic rings. The zero-order valence-corrected chi connectivity index (χ0v) is 15.4. The van der Waals surface area contributed by atoms with Crippen molar-refractivity contribution in [3.8, 4) is 17.2 Å².